The van der Waals surface area contributed by atoms with Crippen molar-refractivity contribution in [3.8, 4) is 0 Å². The Morgan fingerprint density at radius 2 is 1.64 bits per heavy atom. The summed E-state index contributed by atoms with van der Waals surface area (Å²) in [4.78, 5) is 13.2. The van der Waals surface area contributed by atoms with Crippen molar-refractivity contribution in [1.29, 1.82) is 0 Å². The lowest BCUT2D eigenvalue weighted by molar-refractivity contribution is -0.113. The standard InChI is InChI=1S/C18H22N2O3S2/c1-13(2)20-25(22,23)17-10-6-15(7-11-17)19-18(21)12-24-16-8-4-14(3)5-9-16/h4-11,13,20H,12H2,1-3H3,(H,19,21). The van der Waals surface area contributed by atoms with E-state index in [1.54, 1.807) is 26.0 Å². The Labute approximate surface area is 153 Å². The molecule has 7 heteroatoms. The lowest BCUT2D eigenvalue weighted by Gasteiger charge is -2.10. The number of thioether (sulfide) groups is 1. The molecule has 5 nitrogen and oxygen atoms in total. The fourth-order valence-electron chi connectivity index (χ4n) is 2.08. The van der Waals surface area contributed by atoms with Crippen LogP contribution in [0.25, 0.3) is 0 Å². The number of amides is 1. The summed E-state index contributed by atoms with van der Waals surface area (Å²) in [6.07, 6.45) is 0. The molecule has 0 unspecified atom stereocenters. The van der Waals surface area contributed by atoms with Crippen LogP contribution in [-0.2, 0) is 14.8 Å². The van der Waals surface area contributed by atoms with Crippen molar-refractivity contribution in [2.24, 2.45) is 0 Å². The third kappa shape index (κ3) is 6.19. The summed E-state index contributed by atoms with van der Waals surface area (Å²) >= 11 is 1.45. The summed E-state index contributed by atoms with van der Waals surface area (Å²) in [6.45, 7) is 5.54. The Morgan fingerprint density at radius 1 is 1.04 bits per heavy atom. The maximum absolute atomic E-state index is 12.1. The Morgan fingerprint density at radius 3 is 2.20 bits per heavy atom. The molecule has 2 rings (SSSR count). The maximum Gasteiger partial charge on any atom is 0.240 e. The van der Waals surface area contributed by atoms with Crippen molar-refractivity contribution >= 4 is 33.4 Å². The van der Waals surface area contributed by atoms with Gasteiger partial charge in [-0.3, -0.25) is 4.79 Å². The smallest absolute Gasteiger partial charge is 0.240 e. The van der Waals surface area contributed by atoms with E-state index in [0.29, 0.717) is 5.69 Å². The Kier molecular flexibility index (Phi) is 6.64. The summed E-state index contributed by atoms with van der Waals surface area (Å²) in [5, 5.41) is 2.77. The zero-order valence-corrected chi connectivity index (χ0v) is 16.1. The first-order chi connectivity index (χ1) is 11.8. The third-order valence-electron chi connectivity index (χ3n) is 3.23. The highest BCUT2D eigenvalue weighted by Crippen LogP contribution is 2.19. The molecule has 134 valence electrons. The van der Waals surface area contributed by atoms with E-state index >= 15 is 0 Å². The fraction of sp³-hybridized carbons (Fsp3) is 0.278. The summed E-state index contributed by atoms with van der Waals surface area (Å²) < 4.78 is 26.6. The van der Waals surface area contributed by atoms with Gasteiger partial charge in [-0.25, -0.2) is 13.1 Å². The van der Waals surface area contributed by atoms with E-state index in [1.807, 2.05) is 31.2 Å². The molecule has 2 aromatic carbocycles. The second-order valence-electron chi connectivity index (χ2n) is 5.95. The number of hydrogen-bond donors (Lipinski definition) is 2. The van der Waals surface area contributed by atoms with E-state index in [2.05, 4.69) is 10.0 Å². The molecule has 0 heterocycles. The van der Waals surface area contributed by atoms with Gasteiger partial charge in [-0.1, -0.05) is 17.7 Å². The summed E-state index contributed by atoms with van der Waals surface area (Å²) in [6, 6.07) is 13.9. The molecule has 2 aromatic rings. The van der Waals surface area contributed by atoms with Crippen LogP contribution in [0.4, 0.5) is 5.69 Å². The van der Waals surface area contributed by atoms with Gasteiger partial charge in [0.25, 0.3) is 0 Å². The van der Waals surface area contributed by atoms with Gasteiger partial charge in [0.05, 0.1) is 10.6 Å². The van der Waals surface area contributed by atoms with Gasteiger partial charge < -0.3 is 5.32 Å². The van der Waals surface area contributed by atoms with Crippen molar-refractivity contribution in [2.75, 3.05) is 11.1 Å². The van der Waals surface area contributed by atoms with Gasteiger partial charge in [-0.2, -0.15) is 0 Å². The van der Waals surface area contributed by atoms with Crippen LogP contribution in [0.1, 0.15) is 19.4 Å². The highest BCUT2D eigenvalue weighted by atomic mass is 32.2. The molecule has 0 saturated heterocycles. The topological polar surface area (TPSA) is 75.3 Å². The molecule has 25 heavy (non-hydrogen) atoms. The molecule has 0 spiro atoms. The largest absolute Gasteiger partial charge is 0.325 e. The van der Waals surface area contributed by atoms with Gasteiger partial charge in [0.2, 0.25) is 15.9 Å². The molecule has 0 bridgehead atoms. The number of sulfonamides is 1. The number of hydrogen-bond acceptors (Lipinski definition) is 4. The molecule has 0 radical (unpaired) electrons. The minimum Gasteiger partial charge on any atom is -0.325 e. The number of nitrogens with one attached hydrogen (secondary N) is 2. The minimum atomic E-state index is -3.52. The summed E-state index contributed by atoms with van der Waals surface area (Å²) in [5.41, 5.74) is 1.74. The summed E-state index contributed by atoms with van der Waals surface area (Å²) in [5.74, 6) is 0.152. The monoisotopic (exact) mass is 378 g/mol. The first-order valence-electron chi connectivity index (χ1n) is 7.88. The molecule has 0 aromatic heterocycles. The van der Waals surface area contributed by atoms with Crippen LogP contribution in [0.15, 0.2) is 58.3 Å². The average molecular weight is 379 g/mol. The van der Waals surface area contributed by atoms with Crippen LogP contribution < -0.4 is 10.0 Å². The Balaban J connectivity index is 1.92. The molecule has 0 aliphatic heterocycles. The zero-order valence-electron chi connectivity index (χ0n) is 14.4. The molecule has 2 N–H and O–H groups in total. The molecule has 0 saturated carbocycles. The first-order valence-corrected chi connectivity index (χ1v) is 10.3. The number of rotatable bonds is 7. The second-order valence-corrected chi connectivity index (χ2v) is 8.71. The maximum atomic E-state index is 12.1. The first kappa shape index (κ1) is 19.5. The van der Waals surface area contributed by atoms with Gasteiger partial charge in [0.15, 0.2) is 0 Å². The van der Waals surface area contributed by atoms with Gasteiger partial charge in [0.1, 0.15) is 0 Å². The van der Waals surface area contributed by atoms with Crippen LogP contribution in [0.5, 0.6) is 0 Å². The third-order valence-corrected chi connectivity index (χ3v) is 5.92. The van der Waals surface area contributed by atoms with Crippen molar-refractivity contribution in [3.05, 3.63) is 54.1 Å². The number of anilines is 1. The molecular formula is C18H22N2O3S2. The summed E-state index contributed by atoms with van der Waals surface area (Å²) in [7, 11) is -3.52. The number of carbonyl (C=O) groups is 1. The highest BCUT2D eigenvalue weighted by molar-refractivity contribution is 8.00. The van der Waals surface area contributed by atoms with E-state index in [0.717, 1.165) is 4.90 Å². The van der Waals surface area contributed by atoms with Crippen LogP contribution >= 0.6 is 11.8 Å². The Bertz CT molecular complexity index is 814. The van der Waals surface area contributed by atoms with Crippen molar-refractivity contribution in [3.63, 3.8) is 0 Å². The average Bonchev–Trinajstić information content (AvgIpc) is 2.54. The molecule has 0 atom stereocenters. The molecule has 0 aliphatic carbocycles. The lowest BCUT2D eigenvalue weighted by atomic mass is 10.2. The lowest BCUT2D eigenvalue weighted by Crippen LogP contribution is -2.30. The van der Waals surface area contributed by atoms with E-state index in [1.165, 1.54) is 29.5 Å². The Hall–Kier alpha value is -1.83. The van der Waals surface area contributed by atoms with Gasteiger partial charge in [-0.15, -0.1) is 11.8 Å². The molecule has 0 fully saturated rings. The normalized spacial score (nSPS) is 11.5. The van der Waals surface area contributed by atoms with E-state index in [-0.39, 0.29) is 22.6 Å². The van der Waals surface area contributed by atoms with Crippen LogP contribution in [-0.4, -0.2) is 26.1 Å². The minimum absolute atomic E-state index is 0.138. The molecular weight excluding hydrogens is 356 g/mol. The SMILES string of the molecule is Cc1ccc(SCC(=O)Nc2ccc(S(=O)(=O)NC(C)C)cc2)cc1. The van der Waals surface area contributed by atoms with Gasteiger partial charge >= 0.3 is 0 Å². The van der Waals surface area contributed by atoms with Gasteiger partial charge in [0, 0.05) is 16.6 Å². The van der Waals surface area contributed by atoms with Crippen LogP contribution in [0.3, 0.4) is 0 Å². The predicted octanol–water partition coefficient (Wildman–Crippen LogP) is 3.41. The molecule has 0 aliphatic rings. The van der Waals surface area contributed by atoms with Crippen LogP contribution in [0.2, 0.25) is 0 Å². The second kappa shape index (κ2) is 8.51. The van der Waals surface area contributed by atoms with Crippen molar-refractivity contribution in [2.45, 2.75) is 36.6 Å². The van der Waals surface area contributed by atoms with E-state index in [4.69, 9.17) is 0 Å². The zero-order chi connectivity index (χ0) is 18.4. The van der Waals surface area contributed by atoms with Crippen molar-refractivity contribution in [1.82, 2.24) is 4.72 Å². The predicted molar refractivity (Wildman–Crippen MR) is 102 cm³/mol. The van der Waals surface area contributed by atoms with E-state index < -0.39 is 10.0 Å². The van der Waals surface area contributed by atoms with Crippen LogP contribution in [0, 0.1) is 6.92 Å². The number of benzene rings is 2. The van der Waals surface area contributed by atoms with Gasteiger partial charge in [-0.05, 0) is 57.2 Å². The quantitative estimate of drug-likeness (QED) is 0.724. The molecule has 1 amide bonds. The fourth-order valence-corrected chi connectivity index (χ4v) is 4.03. The number of aryl methyl sites for hydroxylation is 1. The van der Waals surface area contributed by atoms with Crippen molar-refractivity contribution < 1.29 is 13.2 Å². The number of carbonyl (C=O) groups excluding carboxylic acids is 1. The van der Waals surface area contributed by atoms with E-state index in [9.17, 15) is 13.2 Å². The highest BCUT2D eigenvalue weighted by Gasteiger charge is 2.15.